The standard InChI is InChI=1S/C19H17N7O3/c1-8-12(18(28)24-23-8)13-11-9(2)25-26(10-6-4-3-5-7-10)16(11)20-15-14(13)17(27)22-19(29)21-15/h3-7,13H,1-2H3,(H2,23,24,28)(H3,20,21,22,27,29). The summed E-state index contributed by atoms with van der Waals surface area (Å²) in [6.07, 6.45) is 0. The van der Waals surface area contributed by atoms with Gasteiger partial charge in [0, 0.05) is 11.3 Å². The Morgan fingerprint density at radius 2 is 1.66 bits per heavy atom. The van der Waals surface area contributed by atoms with Crippen LogP contribution in [0.5, 0.6) is 0 Å². The molecular formula is C19H17N7O3. The molecular weight excluding hydrogens is 374 g/mol. The fourth-order valence-electron chi connectivity index (χ4n) is 3.99. The van der Waals surface area contributed by atoms with Crippen LogP contribution in [0, 0.1) is 13.8 Å². The first-order valence-electron chi connectivity index (χ1n) is 9.01. The summed E-state index contributed by atoms with van der Waals surface area (Å²) in [4.78, 5) is 42.2. The van der Waals surface area contributed by atoms with Crippen molar-refractivity contribution < 1.29 is 0 Å². The highest BCUT2D eigenvalue weighted by Gasteiger charge is 2.38. The van der Waals surface area contributed by atoms with Gasteiger partial charge in [0.05, 0.1) is 28.4 Å². The Balaban J connectivity index is 1.88. The second kappa shape index (κ2) is 5.96. The van der Waals surface area contributed by atoms with Crippen LogP contribution < -0.4 is 22.1 Å². The van der Waals surface area contributed by atoms with Gasteiger partial charge in [0.1, 0.15) is 11.6 Å². The van der Waals surface area contributed by atoms with E-state index < -0.39 is 17.2 Å². The molecule has 0 saturated carbocycles. The van der Waals surface area contributed by atoms with Crippen LogP contribution in [0.4, 0.5) is 11.6 Å². The second-order valence-electron chi connectivity index (χ2n) is 6.97. The number of nitrogens with zero attached hydrogens (tertiary/aromatic N) is 2. The lowest BCUT2D eigenvalue weighted by Crippen LogP contribution is -2.33. The van der Waals surface area contributed by atoms with E-state index in [-0.39, 0.29) is 16.9 Å². The van der Waals surface area contributed by atoms with E-state index in [9.17, 15) is 14.4 Å². The summed E-state index contributed by atoms with van der Waals surface area (Å²) in [5, 5.41) is 13.2. The average molecular weight is 391 g/mol. The molecule has 1 atom stereocenters. The van der Waals surface area contributed by atoms with E-state index in [0.717, 1.165) is 5.69 Å². The lowest BCUT2D eigenvalue weighted by Gasteiger charge is -2.26. The zero-order valence-corrected chi connectivity index (χ0v) is 15.6. The second-order valence-corrected chi connectivity index (χ2v) is 6.97. The van der Waals surface area contributed by atoms with Crippen molar-refractivity contribution in [1.29, 1.82) is 0 Å². The Kier molecular flexibility index (Phi) is 3.50. The molecule has 0 radical (unpaired) electrons. The number of para-hydroxylation sites is 1. The number of hydrogen-bond donors (Lipinski definition) is 5. The molecule has 146 valence electrons. The number of H-pyrrole nitrogens is 4. The van der Waals surface area contributed by atoms with Crippen LogP contribution in [0.15, 0.2) is 44.7 Å². The minimum absolute atomic E-state index is 0.244. The van der Waals surface area contributed by atoms with Gasteiger partial charge in [-0.25, -0.2) is 9.48 Å². The highest BCUT2D eigenvalue weighted by molar-refractivity contribution is 5.73. The highest BCUT2D eigenvalue weighted by atomic mass is 16.2. The van der Waals surface area contributed by atoms with Gasteiger partial charge < -0.3 is 10.4 Å². The van der Waals surface area contributed by atoms with Gasteiger partial charge >= 0.3 is 5.69 Å². The summed E-state index contributed by atoms with van der Waals surface area (Å²) in [7, 11) is 0. The molecule has 0 bridgehead atoms. The molecule has 29 heavy (non-hydrogen) atoms. The minimum Gasteiger partial charge on any atom is -0.326 e. The quantitative estimate of drug-likeness (QED) is 0.306. The summed E-state index contributed by atoms with van der Waals surface area (Å²) < 4.78 is 1.70. The van der Waals surface area contributed by atoms with Crippen LogP contribution in [-0.2, 0) is 0 Å². The monoisotopic (exact) mass is 391 g/mol. The first kappa shape index (κ1) is 17.0. The van der Waals surface area contributed by atoms with Gasteiger partial charge in [0.15, 0.2) is 0 Å². The Labute approximate surface area is 162 Å². The Morgan fingerprint density at radius 3 is 2.34 bits per heavy atom. The molecule has 0 fully saturated rings. The molecule has 4 heterocycles. The molecule has 4 aromatic rings. The SMILES string of the molecule is Cc1nn(-c2ccccc2)c2c1C(c1c(C)[nH][nH]c1=O)c1c([nH]c(=O)[nH]c1=O)N2. The van der Waals surface area contributed by atoms with Gasteiger partial charge in [-0.1, -0.05) is 18.2 Å². The maximum Gasteiger partial charge on any atom is 0.327 e. The maximum atomic E-state index is 12.7. The van der Waals surface area contributed by atoms with Crippen molar-refractivity contribution in [3.05, 3.63) is 89.6 Å². The lowest BCUT2D eigenvalue weighted by molar-refractivity contribution is 0.855. The molecule has 1 aromatic carbocycles. The number of rotatable bonds is 2. The molecule has 5 rings (SSSR count). The molecule has 0 amide bonds. The van der Waals surface area contributed by atoms with Crippen LogP contribution in [0.25, 0.3) is 5.69 Å². The van der Waals surface area contributed by atoms with Crippen molar-refractivity contribution in [2.24, 2.45) is 0 Å². The summed E-state index contributed by atoms with van der Waals surface area (Å²) in [6, 6.07) is 9.47. The third-order valence-corrected chi connectivity index (χ3v) is 5.21. The molecule has 0 saturated heterocycles. The van der Waals surface area contributed by atoms with Crippen molar-refractivity contribution in [3.63, 3.8) is 0 Å². The topological polar surface area (TPSA) is 144 Å². The number of fused-ring (bicyclic) bond motifs is 2. The first-order chi connectivity index (χ1) is 14.0. The smallest absolute Gasteiger partial charge is 0.326 e. The predicted molar refractivity (Wildman–Crippen MR) is 106 cm³/mol. The number of aryl methyl sites for hydroxylation is 2. The van der Waals surface area contributed by atoms with Crippen LogP contribution in [0.1, 0.15) is 34.0 Å². The number of anilines is 2. The van der Waals surface area contributed by atoms with Gasteiger partial charge in [-0.15, -0.1) is 0 Å². The van der Waals surface area contributed by atoms with Crippen molar-refractivity contribution in [2.45, 2.75) is 19.8 Å². The Hall–Kier alpha value is -4.08. The number of aromatic amines is 4. The predicted octanol–water partition coefficient (Wildman–Crippen LogP) is 1.12. The molecule has 1 aliphatic rings. The van der Waals surface area contributed by atoms with E-state index in [1.165, 1.54) is 0 Å². The van der Waals surface area contributed by atoms with Gasteiger partial charge in [-0.2, -0.15) is 5.10 Å². The van der Waals surface area contributed by atoms with Crippen LogP contribution in [-0.4, -0.2) is 29.9 Å². The third kappa shape index (κ3) is 2.42. The Morgan fingerprint density at radius 1 is 0.897 bits per heavy atom. The molecule has 0 aliphatic carbocycles. The fourth-order valence-corrected chi connectivity index (χ4v) is 3.99. The average Bonchev–Trinajstić information content (AvgIpc) is 3.20. The van der Waals surface area contributed by atoms with Crippen molar-refractivity contribution in [1.82, 2.24) is 29.9 Å². The Bertz CT molecular complexity index is 1420. The van der Waals surface area contributed by atoms with Gasteiger partial charge in [0.2, 0.25) is 0 Å². The van der Waals surface area contributed by atoms with Crippen LogP contribution >= 0.6 is 0 Å². The number of benzene rings is 1. The molecule has 10 heteroatoms. The zero-order chi connectivity index (χ0) is 20.3. The van der Waals surface area contributed by atoms with E-state index in [1.54, 1.807) is 11.6 Å². The van der Waals surface area contributed by atoms with Gasteiger partial charge in [0.25, 0.3) is 11.1 Å². The van der Waals surface area contributed by atoms with Crippen molar-refractivity contribution in [2.75, 3.05) is 5.32 Å². The largest absolute Gasteiger partial charge is 0.327 e. The molecule has 3 aromatic heterocycles. The molecule has 5 N–H and O–H groups in total. The summed E-state index contributed by atoms with van der Waals surface area (Å²) >= 11 is 0. The maximum absolute atomic E-state index is 12.7. The van der Waals surface area contributed by atoms with E-state index in [1.807, 2.05) is 37.3 Å². The molecule has 1 unspecified atom stereocenters. The lowest BCUT2D eigenvalue weighted by atomic mass is 9.83. The van der Waals surface area contributed by atoms with Crippen molar-refractivity contribution >= 4 is 11.6 Å². The number of nitrogens with one attached hydrogen (secondary N) is 5. The fraction of sp³-hybridized carbons (Fsp3) is 0.158. The molecule has 1 aliphatic heterocycles. The summed E-state index contributed by atoms with van der Waals surface area (Å²) in [5.74, 6) is 0.134. The molecule has 0 spiro atoms. The van der Waals surface area contributed by atoms with E-state index in [0.29, 0.717) is 28.3 Å². The normalized spacial score (nSPS) is 14.9. The zero-order valence-electron chi connectivity index (χ0n) is 15.6. The van der Waals surface area contributed by atoms with Crippen LogP contribution in [0.3, 0.4) is 0 Å². The van der Waals surface area contributed by atoms with Gasteiger partial charge in [-0.05, 0) is 26.0 Å². The number of aromatic nitrogens is 6. The summed E-state index contributed by atoms with van der Waals surface area (Å²) in [6.45, 7) is 3.58. The van der Waals surface area contributed by atoms with Crippen molar-refractivity contribution in [3.8, 4) is 5.69 Å². The highest BCUT2D eigenvalue weighted by Crippen LogP contribution is 2.44. The summed E-state index contributed by atoms with van der Waals surface area (Å²) in [5.41, 5.74) is 1.93. The van der Waals surface area contributed by atoms with Gasteiger partial charge in [-0.3, -0.25) is 24.7 Å². The van der Waals surface area contributed by atoms with E-state index >= 15 is 0 Å². The van der Waals surface area contributed by atoms with E-state index in [2.05, 4.69) is 30.6 Å². The number of hydrogen-bond acceptors (Lipinski definition) is 5. The van der Waals surface area contributed by atoms with E-state index in [4.69, 9.17) is 0 Å². The first-order valence-corrected chi connectivity index (χ1v) is 9.01. The van der Waals surface area contributed by atoms with Crippen LogP contribution in [0.2, 0.25) is 0 Å². The minimum atomic E-state index is -0.700. The third-order valence-electron chi connectivity index (χ3n) is 5.21. The molecule has 10 nitrogen and oxygen atoms in total.